The van der Waals surface area contributed by atoms with E-state index in [0.717, 1.165) is 6.42 Å². The molecule has 1 N–H and O–H groups in total. The number of hydrogen-bond donors (Lipinski definition) is 1. The molecule has 19 heavy (non-hydrogen) atoms. The van der Waals surface area contributed by atoms with Gasteiger partial charge in [0.2, 0.25) is 0 Å². The Labute approximate surface area is 112 Å². The Morgan fingerprint density at radius 1 is 1.32 bits per heavy atom. The lowest BCUT2D eigenvalue weighted by atomic mass is 10.1. The van der Waals surface area contributed by atoms with Crippen molar-refractivity contribution in [3.8, 4) is 0 Å². The average molecular weight is 259 g/mol. The normalized spacial score (nSPS) is 10.6. The average Bonchev–Trinajstić information content (AvgIpc) is 2.67. The van der Waals surface area contributed by atoms with Crippen molar-refractivity contribution in [3.05, 3.63) is 52.7 Å². The molecule has 0 spiro atoms. The fourth-order valence-electron chi connectivity index (χ4n) is 2.02. The van der Waals surface area contributed by atoms with Crippen molar-refractivity contribution in [1.29, 1.82) is 0 Å². The van der Waals surface area contributed by atoms with Gasteiger partial charge in [0.05, 0.1) is 12.1 Å². The summed E-state index contributed by atoms with van der Waals surface area (Å²) in [5, 5.41) is 8.76. The number of hydrogen-bond acceptors (Lipinski definition) is 3. The van der Waals surface area contributed by atoms with Gasteiger partial charge in [-0.2, -0.15) is 0 Å². The zero-order valence-electron chi connectivity index (χ0n) is 11.1. The second-order valence-corrected chi connectivity index (χ2v) is 4.67. The topological polar surface area (TPSA) is 63.3 Å². The SMILES string of the molecule is Cc1cccc(CCc2nc(CC(=O)O)c(C)o2)c1. The second kappa shape index (κ2) is 5.69. The van der Waals surface area contributed by atoms with Crippen molar-refractivity contribution >= 4 is 5.97 Å². The minimum Gasteiger partial charge on any atom is -0.481 e. The number of benzene rings is 1. The zero-order chi connectivity index (χ0) is 13.8. The molecule has 0 aliphatic carbocycles. The van der Waals surface area contributed by atoms with Crippen LogP contribution in [0, 0.1) is 13.8 Å². The number of rotatable bonds is 5. The Bertz CT molecular complexity index is 587. The molecule has 0 aliphatic rings. The maximum Gasteiger partial charge on any atom is 0.309 e. The van der Waals surface area contributed by atoms with Crippen molar-refractivity contribution in [2.75, 3.05) is 0 Å². The van der Waals surface area contributed by atoms with E-state index in [-0.39, 0.29) is 6.42 Å². The molecule has 2 aromatic rings. The van der Waals surface area contributed by atoms with Gasteiger partial charge in [0, 0.05) is 6.42 Å². The van der Waals surface area contributed by atoms with Crippen molar-refractivity contribution in [1.82, 2.24) is 4.98 Å². The molecule has 1 heterocycles. The molecule has 0 saturated carbocycles. The van der Waals surface area contributed by atoms with E-state index in [1.54, 1.807) is 6.92 Å². The summed E-state index contributed by atoms with van der Waals surface area (Å²) in [5.41, 5.74) is 2.98. The van der Waals surface area contributed by atoms with Crippen LogP contribution >= 0.6 is 0 Å². The summed E-state index contributed by atoms with van der Waals surface area (Å²) in [6.45, 7) is 3.81. The first kappa shape index (κ1) is 13.3. The van der Waals surface area contributed by atoms with Crippen LogP contribution in [-0.2, 0) is 24.1 Å². The molecular formula is C15H17NO3. The number of oxazole rings is 1. The van der Waals surface area contributed by atoms with E-state index in [2.05, 4.69) is 30.1 Å². The standard InChI is InChI=1S/C15H17NO3/c1-10-4-3-5-12(8-10)6-7-14-16-13(9-15(17)18)11(2)19-14/h3-5,8H,6-7,9H2,1-2H3,(H,17,18). The summed E-state index contributed by atoms with van der Waals surface area (Å²) in [5.74, 6) is 0.318. The van der Waals surface area contributed by atoms with Crippen LogP contribution in [0.2, 0.25) is 0 Å². The Balaban J connectivity index is 2.02. The number of aliphatic carboxylic acids is 1. The quantitative estimate of drug-likeness (QED) is 0.896. The van der Waals surface area contributed by atoms with Gasteiger partial charge in [-0.1, -0.05) is 29.8 Å². The van der Waals surface area contributed by atoms with Crippen molar-refractivity contribution in [2.24, 2.45) is 0 Å². The predicted octanol–water partition coefficient (Wildman–Crippen LogP) is 2.70. The minimum absolute atomic E-state index is 0.0836. The van der Waals surface area contributed by atoms with Gasteiger partial charge in [-0.3, -0.25) is 4.79 Å². The van der Waals surface area contributed by atoms with Crippen LogP contribution in [0.15, 0.2) is 28.7 Å². The third kappa shape index (κ3) is 3.68. The molecular weight excluding hydrogens is 242 g/mol. The molecule has 0 unspecified atom stereocenters. The van der Waals surface area contributed by atoms with Gasteiger partial charge in [0.25, 0.3) is 0 Å². The fourth-order valence-corrected chi connectivity index (χ4v) is 2.02. The molecule has 0 fully saturated rings. The highest BCUT2D eigenvalue weighted by Crippen LogP contribution is 2.13. The van der Waals surface area contributed by atoms with Gasteiger partial charge in [-0.15, -0.1) is 0 Å². The number of carbonyl (C=O) groups is 1. The monoisotopic (exact) mass is 259 g/mol. The largest absolute Gasteiger partial charge is 0.481 e. The molecule has 0 saturated heterocycles. The number of carboxylic acids is 1. The van der Waals surface area contributed by atoms with Crippen LogP contribution in [0.1, 0.15) is 28.5 Å². The number of aryl methyl sites for hydroxylation is 4. The van der Waals surface area contributed by atoms with Crippen molar-refractivity contribution in [2.45, 2.75) is 33.1 Å². The van der Waals surface area contributed by atoms with Gasteiger partial charge in [0.15, 0.2) is 5.89 Å². The lowest BCUT2D eigenvalue weighted by Gasteiger charge is -2.00. The Hall–Kier alpha value is -2.10. The van der Waals surface area contributed by atoms with Crippen molar-refractivity contribution in [3.63, 3.8) is 0 Å². The molecule has 0 atom stereocenters. The molecule has 0 bridgehead atoms. The van der Waals surface area contributed by atoms with E-state index in [4.69, 9.17) is 9.52 Å². The molecule has 100 valence electrons. The van der Waals surface area contributed by atoms with E-state index >= 15 is 0 Å². The number of nitrogens with zero attached hydrogens (tertiary/aromatic N) is 1. The van der Waals surface area contributed by atoms with Gasteiger partial charge < -0.3 is 9.52 Å². The van der Waals surface area contributed by atoms with Gasteiger partial charge >= 0.3 is 5.97 Å². The summed E-state index contributed by atoms with van der Waals surface area (Å²) in [7, 11) is 0. The van der Waals surface area contributed by atoms with E-state index < -0.39 is 5.97 Å². The molecule has 0 amide bonds. The molecule has 0 aliphatic heterocycles. The van der Waals surface area contributed by atoms with Gasteiger partial charge in [-0.05, 0) is 25.8 Å². The third-order valence-corrected chi connectivity index (χ3v) is 2.97. The van der Waals surface area contributed by atoms with Crippen LogP contribution in [0.3, 0.4) is 0 Å². The molecule has 4 nitrogen and oxygen atoms in total. The number of carboxylic acid groups (broad SMARTS) is 1. The molecule has 1 aromatic heterocycles. The Morgan fingerprint density at radius 3 is 2.79 bits per heavy atom. The maximum absolute atomic E-state index is 10.7. The molecule has 1 aromatic carbocycles. The summed E-state index contributed by atoms with van der Waals surface area (Å²) in [4.78, 5) is 14.9. The maximum atomic E-state index is 10.7. The minimum atomic E-state index is -0.887. The summed E-state index contributed by atoms with van der Waals surface area (Å²) >= 11 is 0. The molecule has 0 radical (unpaired) electrons. The summed E-state index contributed by atoms with van der Waals surface area (Å²) in [6.07, 6.45) is 1.44. The van der Waals surface area contributed by atoms with E-state index in [1.165, 1.54) is 11.1 Å². The Kier molecular flexibility index (Phi) is 4.00. The number of aromatic nitrogens is 1. The Morgan fingerprint density at radius 2 is 2.11 bits per heavy atom. The third-order valence-electron chi connectivity index (χ3n) is 2.97. The first-order valence-corrected chi connectivity index (χ1v) is 6.27. The highest BCUT2D eigenvalue weighted by Gasteiger charge is 2.12. The van der Waals surface area contributed by atoms with Gasteiger partial charge in [-0.25, -0.2) is 4.98 Å². The highest BCUT2D eigenvalue weighted by molar-refractivity contribution is 5.69. The lowest BCUT2D eigenvalue weighted by molar-refractivity contribution is -0.136. The van der Waals surface area contributed by atoms with Gasteiger partial charge in [0.1, 0.15) is 5.76 Å². The highest BCUT2D eigenvalue weighted by atomic mass is 16.4. The first-order chi connectivity index (χ1) is 9.04. The van der Waals surface area contributed by atoms with Crippen LogP contribution < -0.4 is 0 Å². The predicted molar refractivity (Wildman–Crippen MR) is 71.2 cm³/mol. The van der Waals surface area contributed by atoms with Crippen LogP contribution in [-0.4, -0.2) is 16.1 Å². The van der Waals surface area contributed by atoms with Crippen molar-refractivity contribution < 1.29 is 14.3 Å². The molecule has 4 heteroatoms. The van der Waals surface area contributed by atoms with Crippen LogP contribution in [0.5, 0.6) is 0 Å². The molecule has 2 rings (SSSR count). The fraction of sp³-hybridized carbons (Fsp3) is 0.333. The second-order valence-electron chi connectivity index (χ2n) is 4.67. The van der Waals surface area contributed by atoms with E-state index in [9.17, 15) is 4.79 Å². The van der Waals surface area contributed by atoms with E-state index in [1.807, 2.05) is 6.07 Å². The lowest BCUT2D eigenvalue weighted by Crippen LogP contribution is -2.02. The van der Waals surface area contributed by atoms with Crippen LogP contribution in [0.25, 0.3) is 0 Å². The van der Waals surface area contributed by atoms with Crippen LogP contribution in [0.4, 0.5) is 0 Å². The zero-order valence-corrected chi connectivity index (χ0v) is 11.1. The summed E-state index contributed by atoms with van der Waals surface area (Å²) in [6, 6.07) is 8.29. The summed E-state index contributed by atoms with van der Waals surface area (Å²) < 4.78 is 5.49. The first-order valence-electron chi connectivity index (χ1n) is 6.27. The smallest absolute Gasteiger partial charge is 0.309 e. The van der Waals surface area contributed by atoms with E-state index in [0.29, 0.717) is 23.8 Å².